The SMILES string of the molecule is CCOc1c(Br)cc(OC)cc1C(C)=O. The van der Waals surface area contributed by atoms with Crippen LogP contribution in [0.15, 0.2) is 16.6 Å². The molecule has 3 nitrogen and oxygen atoms in total. The third kappa shape index (κ3) is 2.72. The second kappa shape index (κ2) is 5.16. The van der Waals surface area contributed by atoms with Crippen molar-refractivity contribution >= 4 is 21.7 Å². The van der Waals surface area contributed by atoms with Crippen LogP contribution in [0.4, 0.5) is 0 Å². The van der Waals surface area contributed by atoms with Crippen molar-refractivity contribution < 1.29 is 14.3 Å². The highest BCUT2D eigenvalue weighted by molar-refractivity contribution is 9.10. The van der Waals surface area contributed by atoms with E-state index in [9.17, 15) is 4.79 Å². The predicted octanol–water partition coefficient (Wildman–Crippen LogP) is 3.06. The van der Waals surface area contributed by atoms with Gasteiger partial charge in [-0.25, -0.2) is 0 Å². The van der Waals surface area contributed by atoms with Gasteiger partial charge in [-0.05, 0) is 41.9 Å². The molecular formula is C11H13BrO3. The van der Waals surface area contributed by atoms with Crippen LogP contribution in [0.3, 0.4) is 0 Å². The average molecular weight is 273 g/mol. The molecule has 0 amide bonds. The quantitative estimate of drug-likeness (QED) is 0.791. The summed E-state index contributed by atoms with van der Waals surface area (Å²) in [4.78, 5) is 11.4. The van der Waals surface area contributed by atoms with Gasteiger partial charge in [0.2, 0.25) is 0 Å². The normalized spacial score (nSPS) is 9.87. The molecule has 1 rings (SSSR count). The minimum atomic E-state index is -0.0435. The molecular weight excluding hydrogens is 260 g/mol. The van der Waals surface area contributed by atoms with Crippen LogP contribution in [0, 0.1) is 0 Å². The lowest BCUT2D eigenvalue weighted by molar-refractivity contribution is 0.101. The van der Waals surface area contributed by atoms with Crippen molar-refractivity contribution in [1.29, 1.82) is 0 Å². The smallest absolute Gasteiger partial charge is 0.163 e. The number of hydrogen-bond donors (Lipinski definition) is 0. The Hall–Kier alpha value is -1.03. The molecule has 0 fully saturated rings. The van der Waals surface area contributed by atoms with E-state index in [4.69, 9.17) is 9.47 Å². The minimum Gasteiger partial charge on any atom is -0.497 e. The summed E-state index contributed by atoms with van der Waals surface area (Å²) in [5, 5.41) is 0. The van der Waals surface area contributed by atoms with Crippen LogP contribution in [0.25, 0.3) is 0 Å². The molecule has 0 N–H and O–H groups in total. The maximum Gasteiger partial charge on any atom is 0.163 e. The lowest BCUT2D eigenvalue weighted by Crippen LogP contribution is -2.02. The van der Waals surface area contributed by atoms with Crippen molar-refractivity contribution in [2.45, 2.75) is 13.8 Å². The first kappa shape index (κ1) is 12.0. The van der Waals surface area contributed by atoms with E-state index in [2.05, 4.69) is 15.9 Å². The summed E-state index contributed by atoms with van der Waals surface area (Å²) >= 11 is 3.35. The zero-order chi connectivity index (χ0) is 11.4. The van der Waals surface area contributed by atoms with Crippen LogP contribution in [0.5, 0.6) is 11.5 Å². The van der Waals surface area contributed by atoms with Gasteiger partial charge in [0.15, 0.2) is 5.78 Å². The summed E-state index contributed by atoms with van der Waals surface area (Å²) in [6.45, 7) is 3.90. The molecule has 0 bridgehead atoms. The van der Waals surface area contributed by atoms with Gasteiger partial charge in [0.1, 0.15) is 11.5 Å². The summed E-state index contributed by atoms with van der Waals surface area (Å²) in [5.41, 5.74) is 0.531. The highest BCUT2D eigenvalue weighted by Crippen LogP contribution is 2.34. The third-order valence-corrected chi connectivity index (χ3v) is 2.51. The minimum absolute atomic E-state index is 0.0435. The van der Waals surface area contributed by atoms with Gasteiger partial charge < -0.3 is 9.47 Å². The molecule has 0 unspecified atom stereocenters. The third-order valence-electron chi connectivity index (χ3n) is 1.92. The lowest BCUT2D eigenvalue weighted by atomic mass is 10.1. The van der Waals surface area contributed by atoms with Crippen LogP contribution in [-0.4, -0.2) is 19.5 Å². The van der Waals surface area contributed by atoms with E-state index in [0.717, 1.165) is 4.47 Å². The van der Waals surface area contributed by atoms with E-state index in [1.54, 1.807) is 19.2 Å². The van der Waals surface area contributed by atoms with Gasteiger partial charge in [0.25, 0.3) is 0 Å². The average Bonchev–Trinajstić information content (AvgIpc) is 2.20. The first-order chi connectivity index (χ1) is 7.10. The Morgan fingerprint density at radius 2 is 2.13 bits per heavy atom. The number of halogens is 1. The zero-order valence-electron chi connectivity index (χ0n) is 8.96. The molecule has 0 aliphatic heterocycles. The van der Waals surface area contributed by atoms with Crippen molar-refractivity contribution in [3.8, 4) is 11.5 Å². The second-order valence-electron chi connectivity index (χ2n) is 2.98. The van der Waals surface area contributed by atoms with Crippen LogP contribution >= 0.6 is 15.9 Å². The number of Topliss-reactive ketones (excluding diaryl/α,β-unsaturated/α-hetero) is 1. The number of ether oxygens (including phenoxy) is 2. The van der Waals surface area contributed by atoms with Crippen LogP contribution in [0.2, 0.25) is 0 Å². The highest BCUT2D eigenvalue weighted by atomic mass is 79.9. The molecule has 0 spiro atoms. The Morgan fingerprint density at radius 3 is 2.60 bits per heavy atom. The fraction of sp³-hybridized carbons (Fsp3) is 0.364. The number of ketones is 1. The number of methoxy groups -OCH3 is 1. The lowest BCUT2D eigenvalue weighted by Gasteiger charge is -2.11. The van der Waals surface area contributed by atoms with E-state index in [-0.39, 0.29) is 5.78 Å². The molecule has 4 heteroatoms. The van der Waals surface area contributed by atoms with Crippen molar-refractivity contribution in [3.63, 3.8) is 0 Å². The molecule has 0 heterocycles. The number of rotatable bonds is 4. The van der Waals surface area contributed by atoms with E-state index in [0.29, 0.717) is 23.7 Å². The summed E-state index contributed by atoms with van der Waals surface area (Å²) in [6, 6.07) is 3.45. The summed E-state index contributed by atoms with van der Waals surface area (Å²) in [6.07, 6.45) is 0. The first-order valence-electron chi connectivity index (χ1n) is 4.61. The van der Waals surface area contributed by atoms with E-state index >= 15 is 0 Å². The van der Waals surface area contributed by atoms with Gasteiger partial charge in [-0.1, -0.05) is 0 Å². The number of carbonyl (C=O) groups is 1. The maximum absolute atomic E-state index is 11.4. The zero-order valence-corrected chi connectivity index (χ0v) is 10.6. The standard InChI is InChI=1S/C11H13BrO3/c1-4-15-11-9(7(2)13)5-8(14-3)6-10(11)12/h5-6H,4H2,1-3H3. The fourth-order valence-electron chi connectivity index (χ4n) is 1.24. The largest absolute Gasteiger partial charge is 0.497 e. The van der Waals surface area contributed by atoms with Crippen LogP contribution in [-0.2, 0) is 0 Å². The highest BCUT2D eigenvalue weighted by Gasteiger charge is 2.14. The Morgan fingerprint density at radius 1 is 1.47 bits per heavy atom. The van der Waals surface area contributed by atoms with Gasteiger partial charge in [0.05, 0.1) is 23.8 Å². The van der Waals surface area contributed by atoms with Gasteiger partial charge in [-0.3, -0.25) is 4.79 Å². The predicted molar refractivity (Wildman–Crippen MR) is 61.9 cm³/mol. The van der Waals surface area contributed by atoms with Crippen LogP contribution in [0.1, 0.15) is 24.2 Å². The van der Waals surface area contributed by atoms with Crippen molar-refractivity contribution in [3.05, 3.63) is 22.2 Å². The van der Waals surface area contributed by atoms with E-state index in [1.807, 2.05) is 6.92 Å². The number of hydrogen-bond acceptors (Lipinski definition) is 3. The topological polar surface area (TPSA) is 35.5 Å². The van der Waals surface area contributed by atoms with E-state index < -0.39 is 0 Å². The Bertz CT molecular complexity index is 374. The summed E-state index contributed by atoms with van der Waals surface area (Å²) < 4.78 is 11.2. The molecule has 15 heavy (non-hydrogen) atoms. The molecule has 0 aromatic heterocycles. The molecule has 0 aliphatic rings. The molecule has 0 aliphatic carbocycles. The van der Waals surface area contributed by atoms with Gasteiger partial charge >= 0.3 is 0 Å². The molecule has 0 atom stereocenters. The second-order valence-corrected chi connectivity index (χ2v) is 3.83. The van der Waals surface area contributed by atoms with Crippen molar-refractivity contribution in [2.24, 2.45) is 0 Å². The van der Waals surface area contributed by atoms with Gasteiger partial charge in [-0.15, -0.1) is 0 Å². The van der Waals surface area contributed by atoms with E-state index in [1.165, 1.54) is 6.92 Å². The molecule has 0 radical (unpaired) electrons. The van der Waals surface area contributed by atoms with Gasteiger partial charge in [-0.2, -0.15) is 0 Å². The van der Waals surface area contributed by atoms with Crippen molar-refractivity contribution in [2.75, 3.05) is 13.7 Å². The molecule has 0 saturated carbocycles. The monoisotopic (exact) mass is 272 g/mol. The maximum atomic E-state index is 11.4. The number of benzene rings is 1. The Balaban J connectivity index is 3.28. The molecule has 1 aromatic carbocycles. The Kier molecular flexibility index (Phi) is 4.15. The fourth-order valence-corrected chi connectivity index (χ4v) is 1.79. The Labute approximate surface area is 97.5 Å². The van der Waals surface area contributed by atoms with Gasteiger partial charge in [0, 0.05) is 0 Å². The molecule has 82 valence electrons. The number of carbonyl (C=O) groups excluding carboxylic acids is 1. The molecule has 1 aromatic rings. The van der Waals surface area contributed by atoms with Crippen molar-refractivity contribution in [1.82, 2.24) is 0 Å². The van der Waals surface area contributed by atoms with Crippen LogP contribution < -0.4 is 9.47 Å². The first-order valence-corrected chi connectivity index (χ1v) is 5.40. The summed E-state index contributed by atoms with van der Waals surface area (Å²) in [7, 11) is 1.56. The summed E-state index contributed by atoms with van der Waals surface area (Å²) in [5.74, 6) is 1.17. The molecule has 0 saturated heterocycles.